The summed E-state index contributed by atoms with van der Waals surface area (Å²) in [5.74, 6) is -0.852. The second kappa shape index (κ2) is 5.78. The van der Waals surface area contributed by atoms with Crippen LogP contribution in [-0.2, 0) is 4.79 Å². The Morgan fingerprint density at radius 2 is 2.24 bits per heavy atom. The fourth-order valence-electron chi connectivity index (χ4n) is 2.16. The zero-order valence-electron chi connectivity index (χ0n) is 11.1. The van der Waals surface area contributed by atoms with Gasteiger partial charge in [-0.15, -0.1) is 23.1 Å². The number of amides is 1. The Morgan fingerprint density at radius 1 is 1.43 bits per heavy atom. The minimum absolute atomic E-state index is 0.148. The molecule has 8 heteroatoms. The molecule has 0 bridgehead atoms. The normalized spacial score (nSPS) is 21.7. The molecular weight excluding hydrogens is 328 g/mol. The zero-order chi connectivity index (χ0) is 15.0. The minimum Gasteiger partial charge on any atom is -0.480 e. The van der Waals surface area contributed by atoms with Crippen LogP contribution in [0.4, 0.5) is 0 Å². The summed E-state index contributed by atoms with van der Waals surface area (Å²) in [4.78, 5) is 29.6. The van der Waals surface area contributed by atoms with Crippen molar-refractivity contribution in [2.24, 2.45) is 0 Å². The molecule has 1 aliphatic heterocycles. The van der Waals surface area contributed by atoms with Gasteiger partial charge in [-0.2, -0.15) is 11.3 Å². The monoisotopic (exact) mass is 340 g/mol. The minimum atomic E-state index is -0.964. The van der Waals surface area contributed by atoms with Crippen LogP contribution in [0.15, 0.2) is 22.2 Å². The van der Waals surface area contributed by atoms with Gasteiger partial charge in [0.15, 0.2) is 0 Å². The number of hydrogen-bond acceptors (Lipinski definition) is 6. The third-order valence-corrected chi connectivity index (χ3v) is 6.03. The summed E-state index contributed by atoms with van der Waals surface area (Å²) in [6.45, 7) is 1.84. The van der Waals surface area contributed by atoms with Crippen LogP contribution in [0.1, 0.15) is 17.4 Å². The van der Waals surface area contributed by atoms with Crippen molar-refractivity contribution in [1.82, 2.24) is 9.88 Å². The van der Waals surface area contributed by atoms with E-state index in [2.05, 4.69) is 4.98 Å². The smallest absolute Gasteiger partial charge is 0.327 e. The molecule has 2 aromatic heterocycles. The van der Waals surface area contributed by atoms with Gasteiger partial charge in [0.2, 0.25) is 0 Å². The molecule has 0 spiro atoms. The van der Waals surface area contributed by atoms with Gasteiger partial charge in [-0.25, -0.2) is 9.78 Å². The second-order valence-corrected chi connectivity index (χ2v) is 7.54. The highest BCUT2D eigenvalue weighted by atomic mass is 32.2. The van der Waals surface area contributed by atoms with Crippen LogP contribution in [0.5, 0.6) is 0 Å². The van der Waals surface area contributed by atoms with E-state index in [0.29, 0.717) is 11.4 Å². The topological polar surface area (TPSA) is 70.5 Å². The Labute approximate surface area is 133 Å². The molecule has 5 nitrogen and oxygen atoms in total. The molecule has 0 radical (unpaired) electrons. The highest BCUT2D eigenvalue weighted by molar-refractivity contribution is 8.00. The maximum Gasteiger partial charge on any atom is 0.327 e. The van der Waals surface area contributed by atoms with Crippen LogP contribution < -0.4 is 0 Å². The number of aromatic nitrogens is 1. The molecule has 1 aliphatic rings. The van der Waals surface area contributed by atoms with E-state index in [1.54, 1.807) is 16.7 Å². The number of carboxylic acids is 1. The summed E-state index contributed by atoms with van der Waals surface area (Å²) >= 11 is 4.44. The molecule has 1 saturated heterocycles. The van der Waals surface area contributed by atoms with Crippen molar-refractivity contribution < 1.29 is 14.7 Å². The summed E-state index contributed by atoms with van der Waals surface area (Å²) in [5, 5.41) is 15.5. The summed E-state index contributed by atoms with van der Waals surface area (Å²) < 4.78 is 0. The van der Waals surface area contributed by atoms with E-state index >= 15 is 0 Å². The Morgan fingerprint density at radius 3 is 2.90 bits per heavy atom. The van der Waals surface area contributed by atoms with Crippen LogP contribution >= 0.6 is 34.4 Å². The molecule has 1 amide bonds. The lowest BCUT2D eigenvalue weighted by Crippen LogP contribution is -2.44. The van der Waals surface area contributed by atoms with Crippen molar-refractivity contribution in [2.75, 3.05) is 5.75 Å². The Hall–Kier alpha value is -1.38. The van der Waals surface area contributed by atoms with E-state index in [9.17, 15) is 14.7 Å². The predicted octanol–water partition coefficient (Wildman–Crippen LogP) is 2.86. The summed E-state index contributed by atoms with van der Waals surface area (Å²) in [7, 11) is 0. The first-order chi connectivity index (χ1) is 10.1. The first kappa shape index (κ1) is 14.6. The average molecular weight is 340 g/mol. The van der Waals surface area contributed by atoms with E-state index in [0.717, 1.165) is 10.6 Å². The second-order valence-electron chi connectivity index (χ2n) is 4.55. The third kappa shape index (κ3) is 2.70. The number of hydrogen-bond donors (Lipinski definition) is 1. The quantitative estimate of drug-likeness (QED) is 0.930. The van der Waals surface area contributed by atoms with Gasteiger partial charge in [0, 0.05) is 22.1 Å². The largest absolute Gasteiger partial charge is 0.480 e. The summed E-state index contributed by atoms with van der Waals surface area (Å²) in [6, 6.07) is 1.18. The number of thiazole rings is 1. The molecule has 1 fully saturated rings. The first-order valence-electron chi connectivity index (χ1n) is 6.23. The van der Waals surface area contributed by atoms with Crippen LogP contribution in [0.3, 0.4) is 0 Å². The van der Waals surface area contributed by atoms with Gasteiger partial charge in [-0.3, -0.25) is 4.79 Å². The van der Waals surface area contributed by atoms with Crippen molar-refractivity contribution >= 4 is 46.3 Å². The molecule has 2 aromatic rings. The molecule has 2 unspecified atom stereocenters. The Balaban J connectivity index is 1.86. The van der Waals surface area contributed by atoms with Crippen molar-refractivity contribution in [2.45, 2.75) is 18.3 Å². The predicted molar refractivity (Wildman–Crippen MR) is 84.9 cm³/mol. The molecule has 0 aromatic carbocycles. The van der Waals surface area contributed by atoms with Crippen LogP contribution in [0.2, 0.25) is 0 Å². The molecule has 21 heavy (non-hydrogen) atoms. The number of nitrogens with zero attached hydrogens (tertiary/aromatic N) is 2. The van der Waals surface area contributed by atoms with E-state index in [-0.39, 0.29) is 11.3 Å². The maximum atomic E-state index is 12.6. The number of thiophene rings is 1. The van der Waals surface area contributed by atoms with Crippen molar-refractivity contribution in [3.63, 3.8) is 0 Å². The van der Waals surface area contributed by atoms with Crippen LogP contribution in [-0.4, -0.2) is 44.0 Å². The van der Waals surface area contributed by atoms with Gasteiger partial charge in [0.05, 0.1) is 5.37 Å². The van der Waals surface area contributed by atoms with Gasteiger partial charge < -0.3 is 10.0 Å². The van der Waals surface area contributed by atoms with E-state index < -0.39 is 12.0 Å². The van der Waals surface area contributed by atoms with E-state index in [1.807, 2.05) is 23.8 Å². The molecule has 110 valence electrons. The van der Waals surface area contributed by atoms with Crippen molar-refractivity contribution in [3.8, 4) is 10.6 Å². The number of rotatable bonds is 3. The van der Waals surface area contributed by atoms with Crippen LogP contribution in [0.25, 0.3) is 10.6 Å². The van der Waals surface area contributed by atoms with E-state index in [4.69, 9.17) is 0 Å². The fraction of sp³-hybridized carbons (Fsp3) is 0.308. The number of aliphatic carboxylic acids is 1. The SMILES string of the molecule is CC1SCC(C(=O)O)N1C(=O)c1csc(-c2ccsc2)n1. The number of carbonyl (C=O) groups is 2. The van der Waals surface area contributed by atoms with Gasteiger partial charge >= 0.3 is 5.97 Å². The maximum absolute atomic E-state index is 12.6. The molecule has 0 saturated carbocycles. The lowest BCUT2D eigenvalue weighted by Gasteiger charge is -2.23. The third-order valence-electron chi connectivity index (χ3n) is 3.23. The molecule has 3 heterocycles. The van der Waals surface area contributed by atoms with E-state index in [1.165, 1.54) is 28.0 Å². The summed E-state index contributed by atoms with van der Waals surface area (Å²) in [6.07, 6.45) is 0. The number of carboxylic acid groups (broad SMARTS) is 1. The Bertz CT molecular complexity index is 668. The fourth-order valence-corrected chi connectivity index (χ4v) is 4.84. The summed E-state index contributed by atoms with van der Waals surface area (Å²) in [5.41, 5.74) is 1.31. The average Bonchev–Trinajstić information content (AvgIpc) is 3.17. The van der Waals surface area contributed by atoms with Crippen LogP contribution in [0, 0.1) is 0 Å². The number of carbonyl (C=O) groups excluding carboxylic acids is 1. The van der Waals surface area contributed by atoms with Gasteiger partial charge in [-0.05, 0) is 18.4 Å². The molecular formula is C13H12N2O3S3. The van der Waals surface area contributed by atoms with Gasteiger partial charge in [0.1, 0.15) is 16.7 Å². The molecule has 0 aliphatic carbocycles. The first-order valence-corrected chi connectivity index (χ1v) is 9.10. The van der Waals surface area contributed by atoms with Gasteiger partial charge in [0.25, 0.3) is 5.91 Å². The number of thioether (sulfide) groups is 1. The lowest BCUT2D eigenvalue weighted by atomic mass is 10.2. The van der Waals surface area contributed by atoms with Crippen molar-refractivity contribution in [1.29, 1.82) is 0 Å². The Kier molecular flexibility index (Phi) is 4.01. The standard InChI is InChI=1S/C13H12N2O3S3/c1-7-15(10(6-20-7)13(17)18)12(16)9-5-21-11(14-9)8-2-3-19-4-8/h2-5,7,10H,6H2,1H3,(H,17,18). The highest BCUT2D eigenvalue weighted by Crippen LogP contribution is 2.32. The molecule has 3 rings (SSSR count). The lowest BCUT2D eigenvalue weighted by molar-refractivity contribution is -0.141. The molecule has 1 N–H and O–H groups in total. The van der Waals surface area contributed by atoms with Gasteiger partial charge in [-0.1, -0.05) is 0 Å². The molecule has 2 atom stereocenters. The highest BCUT2D eigenvalue weighted by Gasteiger charge is 2.40. The zero-order valence-corrected chi connectivity index (χ0v) is 13.5. The van der Waals surface area contributed by atoms with Crippen molar-refractivity contribution in [3.05, 3.63) is 27.9 Å².